The third-order valence-corrected chi connectivity index (χ3v) is 3.56. The first-order valence-electron chi connectivity index (χ1n) is 7.50. The molecule has 7 nitrogen and oxygen atoms in total. The van der Waals surface area contributed by atoms with Crippen molar-refractivity contribution in [1.29, 1.82) is 0 Å². The predicted octanol–water partition coefficient (Wildman–Crippen LogP) is 3.07. The molecule has 1 aromatic carbocycles. The number of nitrogens with one attached hydrogen (secondary N) is 1. The van der Waals surface area contributed by atoms with Crippen LogP contribution in [0.2, 0.25) is 5.02 Å². The average molecular weight is 380 g/mol. The second-order valence-electron chi connectivity index (χ2n) is 5.21. The van der Waals surface area contributed by atoms with Gasteiger partial charge in [0, 0.05) is 23.7 Å². The van der Waals surface area contributed by atoms with Gasteiger partial charge in [0.2, 0.25) is 0 Å². The molecule has 0 spiro atoms. The van der Waals surface area contributed by atoms with Crippen molar-refractivity contribution in [3.05, 3.63) is 33.3 Å². The van der Waals surface area contributed by atoms with Crippen LogP contribution in [-0.4, -0.2) is 29.5 Å². The molecule has 0 aromatic heterocycles. The van der Waals surface area contributed by atoms with E-state index >= 15 is 0 Å². The Morgan fingerprint density at radius 2 is 2.17 bits per heavy atom. The van der Waals surface area contributed by atoms with Crippen LogP contribution in [0.5, 0.6) is 5.75 Å². The van der Waals surface area contributed by atoms with Gasteiger partial charge in [0.1, 0.15) is 0 Å². The molecule has 0 radical (unpaired) electrons. The Hall–Kier alpha value is -1.57. The number of benzene rings is 1. The fraction of sp³-hybridized carbons (Fsp3) is 0.533. The highest BCUT2D eigenvalue weighted by atomic mass is 35.5. The molecule has 24 heavy (non-hydrogen) atoms. The first kappa shape index (κ1) is 22.4. The number of carbonyl (C=O) groups excluding carboxylic acids is 1. The SMILES string of the molecule is CCCCC(CN)NC(=O)C(C)Oc1ccc(Cl)cc1[N+](=O)[O-].Cl. The molecule has 2 atom stereocenters. The molecule has 136 valence electrons. The standard InChI is InChI=1S/C15H22ClN3O4.ClH/c1-3-4-5-12(9-17)18-15(20)10(2)23-14-7-6-11(16)8-13(14)19(21)22;/h6-8,10,12H,3-5,9,17H2,1-2H3,(H,18,20);1H. The number of carbonyl (C=O) groups is 1. The van der Waals surface area contributed by atoms with Crippen LogP contribution in [0.3, 0.4) is 0 Å². The maximum Gasteiger partial charge on any atom is 0.312 e. The Morgan fingerprint density at radius 1 is 1.50 bits per heavy atom. The summed E-state index contributed by atoms with van der Waals surface area (Å²) in [6.45, 7) is 3.92. The first-order valence-corrected chi connectivity index (χ1v) is 7.87. The fourth-order valence-electron chi connectivity index (χ4n) is 1.99. The Bertz CT molecular complexity index is 558. The summed E-state index contributed by atoms with van der Waals surface area (Å²) in [5, 5.41) is 14.0. The summed E-state index contributed by atoms with van der Waals surface area (Å²) in [4.78, 5) is 22.6. The highest BCUT2D eigenvalue weighted by Gasteiger charge is 2.23. The molecular formula is C15H23Cl2N3O4. The Balaban J connectivity index is 0.00000529. The summed E-state index contributed by atoms with van der Waals surface area (Å²) in [7, 11) is 0. The summed E-state index contributed by atoms with van der Waals surface area (Å²) in [6.07, 6.45) is 1.87. The predicted molar refractivity (Wildman–Crippen MR) is 96.0 cm³/mol. The molecule has 0 fully saturated rings. The number of nitro groups is 1. The minimum Gasteiger partial charge on any atom is -0.474 e. The van der Waals surface area contributed by atoms with E-state index in [-0.39, 0.29) is 40.8 Å². The van der Waals surface area contributed by atoms with E-state index in [1.807, 2.05) is 0 Å². The molecular weight excluding hydrogens is 357 g/mol. The minimum atomic E-state index is -0.884. The largest absolute Gasteiger partial charge is 0.474 e. The Labute approximate surface area is 152 Å². The van der Waals surface area contributed by atoms with Gasteiger partial charge in [0.05, 0.1) is 4.92 Å². The van der Waals surface area contributed by atoms with Crippen molar-refractivity contribution in [3.63, 3.8) is 0 Å². The van der Waals surface area contributed by atoms with Gasteiger partial charge in [-0.2, -0.15) is 0 Å². The summed E-state index contributed by atoms with van der Waals surface area (Å²) in [5.74, 6) is -0.360. The second-order valence-corrected chi connectivity index (χ2v) is 5.65. The zero-order valence-corrected chi connectivity index (χ0v) is 15.2. The third kappa shape index (κ3) is 6.90. The van der Waals surface area contributed by atoms with E-state index < -0.39 is 11.0 Å². The molecule has 0 saturated carbocycles. The normalized spacial score (nSPS) is 12.7. The van der Waals surface area contributed by atoms with Crippen LogP contribution in [0.25, 0.3) is 0 Å². The van der Waals surface area contributed by atoms with Crippen molar-refractivity contribution in [2.24, 2.45) is 5.73 Å². The number of nitrogens with two attached hydrogens (primary N) is 1. The molecule has 2 unspecified atom stereocenters. The maximum absolute atomic E-state index is 12.1. The minimum absolute atomic E-state index is 0. The molecule has 0 aliphatic heterocycles. The van der Waals surface area contributed by atoms with E-state index in [0.29, 0.717) is 6.54 Å². The molecule has 0 aliphatic carbocycles. The molecule has 0 saturated heterocycles. The van der Waals surface area contributed by atoms with Gasteiger partial charge < -0.3 is 15.8 Å². The fourth-order valence-corrected chi connectivity index (χ4v) is 2.16. The van der Waals surface area contributed by atoms with Gasteiger partial charge in [-0.3, -0.25) is 14.9 Å². The van der Waals surface area contributed by atoms with Gasteiger partial charge in [-0.1, -0.05) is 31.4 Å². The molecule has 9 heteroatoms. The van der Waals surface area contributed by atoms with Crippen molar-refractivity contribution in [3.8, 4) is 5.75 Å². The summed E-state index contributed by atoms with van der Waals surface area (Å²) < 4.78 is 5.42. The van der Waals surface area contributed by atoms with Crippen LogP contribution in [-0.2, 0) is 4.79 Å². The van der Waals surface area contributed by atoms with Crippen molar-refractivity contribution >= 4 is 35.6 Å². The van der Waals surface area contributed by atoms with Crippen LogP contribution in [0, 0.1) is 10.1 Å². The quantitative estimate of drug-likeness (QED) is 0.506. The summed E-state index contributed by atoms with van der Waals surface area (Å²) in [5.41, 5.74) is 5.36. The van der Waals surface area contributed by atoms with E-state index in [2.05, 4.69) is 12.2 Å². The van der Waals surface area contributed by atoms with Gasteiger partial charge in [-0.25, -0.2) is 0 Å². The lowest BCUT2D eigenvalue weighted by atomic mass is 10.1. The van der Waals surface area contributed by atoms with Crippen molar-refractivity contribution in [2.75, 3.05) is 6.54 Å². The van der Waals surface area contributed by atoms with E-state index in [1.165, 1.54) is 25.1 Å². The van der Waals surface area contributed by atoms with Crippen LogP contribution < -0.4 is 15.8 Å². The highest BCUT2D eigenvalue weighted by Crippen LogP contribution is 2.30. The Morgan fingerprint density at radius 3 is 2.71 bits per heavy atom. The summed E-state index contributed by atoms with van der Waals surface area (Å²) >= 11 is 5.74. The number of amides is 1. The molecule has 0 bridgehead atoms. The van der Waals surface area contributed by atoms with Crippen LogP contribution in [0.15, 0.2) is 18.2 Å². The molecule has 1 rings (SSSR count). The number of rotatable bonds is 9. The van der Waals surface area contributed by atoms with E-state index in [0.717, 1.165) is 19.3 Å². The molecule has 3 N–H and O–H groups in total. The Kier molecular flexibility index (Phi) is 10.3. The van der Waals surface area contributed by atoms with Gasteiger partial charge in [0.15, 0.2) is 11.9 Å². The van der Waals surface area contributed by atoms with Crippen molar-refractivity contribution in [2.45, 2.75) is 45.3 Å². The number of hydrogen-bond donors (Lipinski definition) is 2. The average Bonchev–Trinajstić information content (AvgIpc) is 2.52. The molecule has 0 heterocycles. The van der Waals surface area contributed by atoms with Crippen LogP contribution in [0.1, 0.15) is 33.1 Å². The van der Waals surface area contributed by atoms with Crippen LogP contribution in [0.4, 0.5) is 5.69 Å². The van der Waals surface area contributed by atoms with Gasteiger partial charge in [-0.15, -0.1) is 12.4 Å². The number of unbranched alkanes of at least 4 members (excludes halogenated alkanes) is 1. The number of halogens is 2. The topological polar surface area (TPSA) is 107 Å². The van der Waals surface area contributed by atoms with Gasteiger partial charge >= 0.3 is 5.69 Å². The van der Waals surface area contributed by atoms with Gasteiger partial charge in [0.25, 0.3) is 5.91 Å². The molecule has 1 amide bonds. The van der Waals surface area contributed by atoms with Crippen molar-refractivity contribution < 1.29 is 14.5 Å². The lowest BCUT2D eigenvalue weighted by Crippen LogP contribution is -2.45. The lowest BCUT2D eigenvalue weighted by molar-refractivity contribution is -0.386. The van der Waals surface area contributed by atoms with Gasteiger partial charge in [-0.05, 0) is 25.5 Å². The highest BCUT2D eigenvalue weighted by molar-refractivity contribution is 6.30. The number of nitrogens with zero attached hydrogens (tertiary/aromatic N) is 1. The maximum atomic E-state index is 12.1. The number of ether oxygens (including phenoxy) is 1. The smallest absolute Gasteiger partial charge is 0.312 e. The number of nitro benzene ring substituents is 1. The van der Waals surface area contributed by atoms with E-state index in [1.54, 1.807) is 0 Å². The summed E-state index contributed by atoms with van der Waals surface area (Å²) in [6, 6.07) is 3.90. The zero-order chi connectivity index (χ0) is 17.4. The first-order chi connectivity index (χ1) is 10.9. The van der Waals surface area contributed by atoms with Crippen LogP contribution >= 0.6 is 24.0 Å². The van der Waals surface area contributed by atoms with E-state index in [4.69, 9.17) is 22.1 Å². The van der Waals surface area contributed by atoms with E-state index in [9.17, 15) is 14.9 Å². The molecule has 1 aromatic rings. The second kappa shape index (κ2) is 11.1. The van der Waals surface area contributed by atoms with Crippen molar-refractivity contribution in [1.82, 2.24) is 5.32 Å². The monoisotopic (exact) mass is 379 g/mol. The number of hydrogen-bond acceptors (Lipinski definition) is 5. The molecule has 0 aliphatic rings. The lowest BCUT2D eigenvalue weighted by Gasteiger charge is -2.20. The zero-order valence-electron chi connectivity index (χ0n) is 13.7. The third-order valence-electron chi connectivity index (χ3n) is 3.33.